The zero-order chi connectivity index (χ0) is 22.2. The molecule has 8 nitrogen and oxygen atoms in total. The Morgan fingerprint density at radius 2 is 1.87 bits per heavy atom. The lowest BCUT2D eigenvalue weighted by Gasteiger charge is -2.22. The molecule has 0 fully saturated rings. The highest BCUT2D eigenvalue weighted by Gasteiger charge is 2.24. The van der Waals surface area contributed by atoms with Gasteiger partial charge in [0.2, 0.25) is 5.82 Å². The monoisotopic (exact) mass is 421 g/mol. The van der Waals surface area contributed by atoms with Gasteiger partial charge in [-0.05, 0) is 91.9 Å². The molecule has 1 atom stereocenters. The van der Waals surface area contributed by atoms with Crippen molar-refractivity contribution in [3.63, 3.8) is 0 Å². The number of nitrogens with zero attached hydrogens (tertiary/aromatic N) is 4. The third-order valence-electron chi connectivity index (χ3n) is 5.56. The van der Waals surface area contributed by atoms with Crippen molar-refractivity contribution in [1.29, 1.82) is 0 Å². The maximum Gasteiger partial charge on any atom is 0.257 e. The van der Waals surface area contributed by atoms with Crippen molar-refractivity contribution in [1.82, 2.24) is 25.2 Å². The van der Waals surface area contributed by atoms with Crippen molar-refractivity contribution in [3.8, 4) is 0 Å². The van der Waals surface area contributed by atoms with E-state index in [9.17, 15) is 4.79 Å². The molecular formula is C23H29N6O2+. The Balaban J connectivity index is 1.68. The topological polar surface area (TPSA) is 94.0 Å². The molecule has 0 saturated heterocycles. The maximum absolute atomic E-state index is 12.9. The third-order valence-corrected chi connectivity index (χ3v) is 5.56. The lowest BCUT2D eigenvalue weighted by Crippen LogP contribution is -3.08. The second kappa shape index (κ2) is 8.11. The molecular weight excluding hydrogens is 392 g/mol. The van der Waals surface area contributed by atoms with E-state index in [1.165, 1.54) is 5.56 Å². The van der Waals surface area contributed by atoms with E-state index in [1.807, 2.05) is 28.9 Å². The van der Waals surface area contributed by atoms with Crippen LogP contribution in [-0.4, -0.2) is 25.2 Å². The normalized spacial score (nSPS) is 13.1. The van der Waals surface area contributed by atoms with Gasteiger partial charge in [0, 0.05) is 5.52 Å². The Morgan fingerprint density at radius 3 is 2.58 bits per heavy atom. The first-order valence-electron chi connectivity index (χ1n) is 10.5. The van der Waals surface area contributed by atoms with Gasteiger partial charge in [0.05, 0.1) is 17.4 Å². The maximum atomic E-state index is 12.9. The molecule has 0 aliphatic heterocycles. The van der Waals surface area contributed by atoms with Gasteiger partial charge in [0.1, 0.15) is 19.6 Å². The first kappa shape index (κ1) is 21.0. The van der Waals surface area contributed by atoms with Crippen molar-refractivity contribution in [2.24, 2.45) is 0 Å². The highest BCUT2D eigenvalue weighted by atomic mass is 16.3. The van der Waals surface area contributed by atoms with Crippen molar-refractivity contribution in [2.75, 3.05) is 0 Å². The second-order valence-corrected chi connectivity index (χ2v) is 9.18. The van der Waals surface area contributed by atoms with Crippen LogP contribution in [0, 0.1) is 13.8 Å². The number of furan rings is 1. The molecule has 0 spiro atoms. The molecule has 0 amide bonds. The molecule has 0 bridgehead atoms. The van der Waals surface area contributed by atoms with Crippen LogP contribution in [0.1, 0.15) is 49.0 Å². The van der Waals surface area contributed by atoms with E-state index in [2.05, 4.69) is 61.2 Å². The Hall–Kier alpha value is -3.26. The van der Waals surface area contributed by atoms with E-state index >= 15 is 0 Å². The van der Waals surface area contributed by atoms with Crippen LogP contribution in [0.4, 0.5) is 0 Å². The summed E-state index contributed by atoms with van der Waals surface area (Å²) < 4.78 is 7.42. The highest BCUT2D eigenvalue weighted by Crippen LogP contribution is 2.17. The average molecular weight is 422 g/mol. The molecule has 0 aliphatic carbocycles. The summed E-state index contributed by atoms with van der Waals surface area (Å²) in [4.78, 5) is 17.0. The van der Waals surface area contributed by atoms with Crippen LogP contribution in [0.15, 0.2) is 45.8 Å². The van der Waals surface area contributed by atoms with Gasteiger partial charge in [0.25, 0.3) is 5.56 Å². The molecule has 3 heterocycles. The summed E-state index contributed by atoms with van der Waals surface area (Å²) in [5.41, 5.74) is 3.66. The van der Waals surface area contributed by atoms with Crippen molar-refractivity contribution >= 4 is 10.9 Å². The molecule has 1 aromatic carbocycles. The molecule has 1 unspecified atom stereocenters. The average Bonchev–Trinajstić information content (AvgIpc) is 3.35. The molecule has 8 heteroatoms. The van der Waals surface area contributed by atoms with E-state index in [0.29, 0.717) is 19.6 Å². The largest absolute Gasteiger partial charge is 0.463 e. The number of rotatable bonds is 6. The fraction of sp³-hybridized carbons (Fsp3) is 0.391. The zero-order valence-electron chi connectivity index (χ0n) is 18.7. The van der Waals surface area contributed by atoms with Crippen LogP contribution in [0.2, 0.25) is 0 Å². The summed E-state index contributed by atoms with van der Waals surface area (Å²) in [6.45, 7) is 12.0. The fourth-order valence-corrected chi connectivity index (χ4v) is 3.83. The van der Waals surface area contributed by atoms with Crippen LogP contribution in [-0.2, 0) is 25.2 Å². The van der Waals surface area contributed by atoms with Crippen LogP contribution in [0.5, 0.6) is 0 Å². The van der Waals surface area contributed by atoms with Gasteiger partial charge in [-0.2, -0.15) is 0 Å². The Kier molecular flexibility index (Phi) is 5.49. The third kappa shape index (κ3) is 4.59. The standard InChI is InChI=1S/C23H28N6O2/c1-15-9-17-11-18(22(30)24-20(17)10-16(15)2)12-28(13-19-7-6-8-31-19)14-21-25-26-27-29(21)23(3,4)5/h6-11H,12-14H2,1-5H3,(H,24,30)/p+1. The molecule has 3 aromatic heterocycles. The summed E-state index contributed by atoms with van der Waals surface area (Å²) in [7, 11) is 0. The zero-order valence-corrected chi connectivity index (χ0v) is 18.7. The number of fused-ring (bicyclic) bond motifs is 1. The molecule has 31 heavy (non-hydrogen) atoms. The predicted molar refractivity (Wildman–Crippen MR) is 118 cm³/mol. The minimum absolute atomic E-state index is 0.0666. The number of hydrogen-bond donors (Lipinski definition) is 2. The van der Waals surface area contributed by atoms with Gasteiger partial charge in [0.15, 0.2) is 5.76 Å². The SMILES string of the molecule is Cc1cc2cc(C[NH+](Cc3ccco3)Cc3nnnn3C(C)(C)C)c(=O)[nH]c2cc1C. The number of hydrogen-bond acceptors (Lipinski definition) is 5. The summed E-state index contributed by atoms with van der Waals surface area (Å²) >= 11 is 0. The number of tetrazole rings is 1. The summed E-state index contributed by atoms with van der Waals surface area (Å²) in [6.07, 6.45) is 1.67. The van der Waals surface area contributed by atoms with Crippen LogP contribution in [0.3, 0.4) is 0 Å². The van der Waals surface area contributed by atoms with Gasteiger partial charge < -0.3 is 14.3 Å². The van der Waals surface area contributed by atoms with E-state index in [-0.39, 0.29) is 11.1 Å². The van der Waals surface area contributed by atoms with E-state index in [4.69, 9.17) is 4.42 Å². The molecule has 0 radical (unpaired) electrons. The lowest BCUT2D eigenvalue weighted by atomic mass is 10.0. The molecule has 4 rings (SSSR count). The number of pyridine rings is 1. The predicted octanol–water partition coefficient (Wildman–Crippen LogP) is 2.26. The summed E-state index contributed by atoms with van der Waals surface area (Å²) in [5.74, 6) is 1.63. The van der Waals surface area contributed by atoms with E-state index < -0.39 is 0 Å². The Labute approximate surface area is 180 Å². The minimum atomic E-state index is -0.232. The highest BCUT2D eigenvalue weighted by molar-refractivity contribution is 5.80. The number of quaternary nitrogens is 1. The molecule has 162 valence electrons. The number of aromatic amines is 1. The fourth-order valence-electron chi connectivity index (χ4n) is 3.83. The number of aromatic nitrogens is 5. The molecule has 0 aliphatic rings. The van der Waals surface area contributed by atoms with Gasteiger partial charge in [-0.25, -0.2) is 4.68 Å². The van der Waals surface area contributed by atoms with E-state index in [0.717, 1.165) is 38.5 Å². The lowest BCUT2D eigenvalue weighted by molar-refractivity contribution is -0.942. The molecule has 4 aromatic rings. The van der Waals surface area contributed by atoms with Crippen LogP contribution in [0.25, 0.3) is 10.9 Å². The van der Waals surface area contributed by atoms with E-state index in [1.54, 1.807) is 6.26 Å². The van der Waals surface area contributed by atoms with Gasteiger partial charge in [-0.1, -0.05) is 0 Å². The quantitative estimate of drug-likeness (QED) is 0.498. The van der Waals surface area contributed by atoms with Gasteiger partial charge in [-0.3, -0.25) is 4.79 Å². The number of benzene rings is 1. The van der Waals surface area contributed by atoms with Crippen molar-refractivity contribution in [3.05, 3.63) is 75.2 Å². The van der Waals surface area contributed by atoms with Crippen molar-refractivity contribution in [2.45, 2.75) is 59.8 Å². The van der Waals surface area contributed by atoms with Crippen LogP contribution < -0.4 is 10.5 Å². The van der Waals surface area contributed by atoms with Crippen molar-refractivity contribution < 1.29 is 9.32 Å². The molecule has 2 N–H and O–H groups in total. The molecule has 0 saturated carbocycles. The number of nitrogens with one attached hydrogen (secondary N) is 2. The number of H-pyrrole nitrogens is 1. The van der Waals surface area contributed by atoms with Crippen LogP contribution >= 0.6 is 0 Å². The summed E-state index contributed by atoms with van der Waals surface area (Å²) in [6, 6.07) is 9.97. The Bertz CT molecular complexity index is 1250. The Morgan fingerprint density at radius 1 is 1.10 bits per heavy atom. The first-order valence-corrected chi connectivity index (χ1v) is 10.5. The van der Waals surface area contributed by atoms with Gasteiger partial charge >= 0.3 is 0 Å². The minimum Gasteiger partial charge on any atom is -0.463 e. The van der Waals surface area contributed by atoms with Gasteiger partial charge in [-0.15, -0.1) is 5.10 Å². The first-order chi connectivity index (χ1) is 14.7. The number of aryl methyl sites for hydroxylation is 2. The smallest absolute Gasteiger partial charge is 0.257 e. The summed E-state index contributed by atoms with van der Waals surface area (Å²) in [5, 5.41) is 13.3. The second-order valence-electron chi connectivity index (χ2n) is 9.18.